The molecule has 7 nitrogen and oxygen atoms in total. The predicted octanol–water partition coefficient (Wildman–Crippen LogP) is 1.68. The fraction of sp³-hybridized carbons (Fsp3) is 0.421. The van der Waals surface area contributed by atoms with Crippen molar-refractivity contribution in [3.63, 3.8) is 0 Å². The number of piperidine rings is 1. The van der Waals surface area contributed by atoms with Gasteiger partial charge in [0.1, 0.15) is 0 Å². The zero-order valence-corrected chi connectivity index (χ0v) is 15.2. The van der Waals surface area contributed by atoms with E-state index in [1.807, 2.05) is 37.4 Å². The molecule has 0 radical (unpaired) electrons. The maximum absolute atomic E-state index is 12.3. The molecular formula is C19H25N5O2. The molecule has 0 saturated carbocycles. The van der Waals surface area contributed by atoms with Crippen LogP contribution in [-0.2, 0) is 18.4 Å². The molecule has 1 saturated heterocycles. The highest BCUT2D eigenvalue weighted by Gasteiger charge is 2.23. The number of nitrogens with zero attached hydrogens (tertiary/aromatic N) is 3. The van der Waals surface area contributed by atoms with E-state index in [-0.39, 0.29) is 17.7 Å². The predicted molar refractivity (Wildman–Crippen MR) is 99.5 cm³/mol. The lowest BCUT2D eigenvalue weighted by atomic mass is 9.97. The normalized spacial score (nSPS) is 17.8. The van der Waals surface area contributed by atoms with E-state index in [9.17, 15) is 9.59 Å². The minimum absolute atomic E-state index is 0.0519. The number of nitrogens with one attached hydrogen (secondary N) is 1. The fourth-order valence-electron chi connectivity index (χ4n) is 3.40. The van der Waals surface area contributed by atoms with Crippen molar-refractivity contribution in [1.82, 2.24) is 14.7 Å². The Morgan fingerprint density at radius 2 is 2.04 bits per heavy atom. The lowest BCUT2D eigenvalue weighted by molar-refractivity contribution is -0.123. The Morgan fingerprint density at radius 1 is 1.31 bits per heavy atom. The third kappa shape index (κ3) is 4.29. The van der Waals surface area contributed by atoms with Crippen LogP contribution in [0.3, 0.4) is 0 Å². The molecule has 2 heterocycles. The molecule has 2 amide bonds. The summed E-state index contributed by atoms with van der Waals surface area (Å²) >= 11 is 0. The number of anilines is 1. The number of nitrogens with two attached hydrogens (primary N) is 1. The zero-order chi connectivity index (χ0) is 18.7. The Kier molecular flexibility index (Phi) is 5.37. The van der Waals surface area contributed by atoms with E-state index in [0.29, 0.717) is 12.2 Å². The summed E-state index contributed by atoms with van der Waals surface area (Å²) in [4.78, 5) is 26.0. The monoisotopic (exact) mass is 355 g/mol. The van der Waals surface area contributed by atoms with Crippen LogP contribution in [0.5, 0.6) is 0 Å². The minimum Gasteiger partial charge on any atom is -0.369 e. The van der Waals surface area contributed by atoms with Gasteiger partial charge >= 0.3 is 0 Å². The van der Waals surface area contributed by atoms with Gasteiger partial charge in [0, 0.05) is 37.6 Å². The maximum Gasteiger partial charge on any atom is 0.276 e. The molecule has 1 fully saturated rings. The van der Waals surface area contributed by atoms with Gasteiger partial charge in [0.25, 0.3) is 5.91 Å². The standard InChI is InChI=1S/C19H25N5O2/c1-13-10-23(2)22-17(13)19(26)21-16-7-5-14(6-8-16)11-24-9-3-4-15(12-24)18(20)25/h5-8,10,15H,3-4,9,11-12H2,1-2H3,(H2,20,25)(H,21,26). The van der Waals surface area contributed by atoms with Crippen molar-refractivity contribution >= 4 is 17.5 Å². The van der Waals surface area contributed by atoms with Crippen LogP contribution >= 0.6 is 0 Å². The van der Waals surface area contributed by atoms with Gasteiger partial charge in [-0.1, -0.05) is 12.1 Å². The first kappa shape index (κ1) is 18.1. The van der Waals surface area contributed by atoms with Gasteiger partial charge in [-0.3, -0.25) is 19.2 Å². The van der Waals surface area contributed by atoms with E-state index in [4.69, 9.17) is 5.73 Å². The lowest BCUT2D eigenvalue weighted by Crippen LogP contribution is -2.40. The largest absolute Gasteiger partial charge is 0.369 e. The number of carbonyl (C=O) groups is 2. The summed E-state index contributed by atoms with van der Waals surface area (Å²) < 4.78 is 1.63. The molecule has 0 aliphatic carbocycles. The quantitative estimate of drug-likeness (QED) is 0.853. The second-order valence-corrected chi connectivity index (χ2v) is 6.96. The average molecular weight is 355 g/mol. The van der Waals surface area contributed by atoms with Gasteiger partial charge in [-0.15, -0.1) is 0 Å². The van der Waals surface area contributed by atoms with Crippen LogP contribution in [0.1, 0.15) is 34.5 Å². The molecule has 3 rings (SSSR count). The highest BCUT2D eigenvalue weighted by Crippen LogP contribution is 2.19. The van der Waals surface area contributed by atoms with Gasteiger partial charge in [0.05, 0.1) is 5.92 Å². The number of primary amides is 1. The van der Waals surface area contributed by atoms with Crippen LogP contribution < -0.4 is 11.1 Å². The third-order valence-corrected chi connectivity index (χ3v) is 4.75. The molecule has 1 aromatic heterocycles. The van der Waals surface area contributed by atoms with E-state index in [1.165, 1.54) is 0 Å². The van der Waals surface area contributed by atoms with Crippen LogP contribution in [0.4, 0.5) is 5.69 Å². The molecule has 26 heavy (non-hydrogen) atoms. The van der Waals surface area contributed by atoms with E-state index in [2.05, 4.69) is 15.3 Å². The lowest BCUT2D eigenvalue weighted by Gasteiger charge is -2.31. The molecule has 1 aromatic carbocycles. The Hall–Kier alpha value is -2.67. The summed E-state index contributed by atoms with van der Waals surface area (Å²) in [6.45, 7) is 4.33. The van der Waals surface area contributed by atoms with Crippen molar-refractivity contribution in [2.45, 2.75) is 26.3 Å². The summed E-state index contributed by atoms with van der Waals surface area (Å²) in [7, 11) is 1.79. The molecule has 2 aromatic rings. The summed E-state index contributed by atoms with van der Waals surface area (Å²) in [5.41, 5.74) is 8.59. The Balaban J connectivity index is 1.59. The smallest absolute Gasteiger partial charge is 0.276 e. The van der Waals surface area contributed by atoms with Gasteiger partial charge in [0.2, 0.25) is 5.91 Å². The average Bonchev–Trinajstić information content (AvgIpc) is 2.95. The fourth-order valence-corrected chi connectivity index (χ4v) is 3.40. The highest BCUT2D eigenvalue weighted by atomic mass is 16.2. The minimum atomic E-state index is -0.212. The SMILES string of the molecule is Cc1cn(C)nc1C(=O)Nc1ccc(CN2CCCC(C(N)=O)C2)cc1. The number of aryl methyl sites for hydroxylation is 2. The van der Waals surface area contributed by atoms with Crippen LogP contribution in [-0.4, -0.2) is 39.6 Å². The molecule has 0 bridgehead atoms. The molecular weight excluding hydrogens is 330 g/mol. The summed E-state index contributed by atoms with van der Waals surface area (Å²) in [5, 5.41) is 7.06. The van der Waals surface area contributed by atoms with E-state index < -0.39 is 0 Å². The summed E-state index contributed by atoms with van der Waals surface area (Å²) in [6, 6.07) is 7.77. The van der Waals surface area contributed by atoms with Gasteiger partial charge in [-0.05, 0) is 44.0 Å². The molecule has 1 unspecified atom stereocenters. The van der Waals surface area contributed by atoms with Crippen molar-refractivity contribution in [1.29, 1.82) is 0 Å². The number of hydrogen-bond donors (Lipinski definition) is 2. The van der Waals surface area contributed by atoms with Gasteiger partial charge in [-0.2, -0.15) is 5.10 Å². The third-order valence-electron chi connectivity index (χ3n) is 4.75. The van der Waals surface area contributed by atoms with Gasteiger partial charge in [-0.25, -0.2) is 0 Å². The summed E-state index contributed by atoms with van der Waals surface area (Å²) in [6.07, 6.45) is 3.69. The molecule has 3 N–H and O–H groups in total. The first-order valence-electron chi connectivity index (χ1n) is 8.84. The highest BCUT2D eigenvalue weighted by molar-refractivity contribution is 6.03. The number of carbonyl (C=O) groups excluding carboxylic acids is 2. The number of aromatic nitrogens is 2. The molecule has 1 aliphatic rings. The number of hydrogen-bond acceptors (Lipinski definition) is 4. The van der Waals surface area contributed by atoms with Crippen molar-refractivity contribution in [2.24, 2.45) is 18.7 Å². The van der Waals surface area contributed by atoms with Crippen LogP contribution in [0.2, 0.25) is 0 Å². The van der Waals surface area contributed by atoms with Crippen LogP contribution in [0.15, 0.2) is 30.5 Å². The summed E-state index contributed by atoms with van der Waals surface area (Å²) in [5.74, 6) is -0.474. The topological polar surface area (TPSA) is 93.2 Å². The maximum atomic E-state index is 12.3. The molecule has 0 spiro atoms. The van der Waals surface area contributed by atoms with E-state index in [1.54, 1.807) is 11.7 Å². The van der Waals surface area contributed by atoms with Crippen molar-refractivity contribution in [2.75, 3.05) is 18.4 Å². The molecule has 1 atom stereocenters. The number of likely N-dealkylation sites (tertiary alicyclic amines) is 1. The molecule has 7 heteroatoms. The van der Waals surface area contributed by atoms with Crippen LogP contribution in [0.25, 0.3) is 0 Å². The van der Waals surface area contributed by atoms with E-state index in [0.717, 1.165) is 42.7 Å². The molecule has 138 valence electrons. The number of amides is 2. The van der Waals surface area contributed by atoms with Crippen LogP contribution in [0, 0.1) is 12.8 Å². The van der Waals surface area contributed by atoms with Crippen molar-refractivity contribution < 1.29 is 9.59 Å². The zero-order valence-electron chi connectivity index (χ0n) is 15.2. The first-order chi connectivity index (χ1) is 12.4. The first-order valence-corrected chi connectivity index (χ1v) is 8.84. The van der Waals surface area contributed by atoms with Crippen molar-refractivity contribution in [3.05, 3.63) is 47.3 Å². The second kappa shape index (κ2) is 7.70. The number of rotatable bonds is 5. The number of benzene rings is 1. The Morgan fingerprint density at radius 3 is 2.65 bits per heavy atom. The van der Waals surface area contributed by atoms with Gasteiger partial charge in [0.15, 0.2) is 5.69 Å². The van der Waals surface area contributed by atoms with Crippen molar-refractivity contribution in [3.8, 4) is 0 Å². The Labute approximate surface area is 153 Å². The second-order valence-electron chi connectivity index (χ2n) is 6.96. The van der Waals surface area contributed by atoms with E-state index >= 15 is 0 Å². The van der Waals surface area contributed by atoms with Gasteiger partial charge < -0.3 is 11.1 Å². The molecule has 1 aliphatic heterocycles. The Bertz CT molecular complexity index is 797.